The Morgan fingerprint density at radius 1 is 1.04 bits per heavy atom. The van der Waals surface area contributed by atoms with Gasteiger partial charge in [0.25, 0.3) is 0 Å². The molecule has 0 saturated carbocycles. The summed E-state index contributed by atoms with van der Waals surface area (Å²) in [7, 11) is 0. The largest absolute Gasteiger partial charge is 0.490 e. The van der Waals surface area contributed by atoms with Crippen LogP contribution in [-0.4, -0.2) is 29.2 Å². The Morgan fingerprint density at radius 3 is 2.60 bits per heavy atom. The van der Waals surface area contributed by atoms with Crippen LogP contribution in [-0.2, 0) is 9.53 Å². The van der Waals surface area contributed by atoms with Gasteiger partial charge in [0.2, 0.25) is 0 Å². The third-order valence-corrected chi connectivity index (χ3v) is 3.52. The summed E-state index contributed by atoms with van der Waals surface area (Å²) >= 11 is 5.79. The van der Waals surface area contributed by atoms with Gasteiger partial charge in [0, 0.05) is 11.1 Å². The van der Waals surface area contributed by atoms with E-state index >= 15 is 0 Å². The van der Waals surface area contributed by atoms with E-state index in [0.29, 0.717) is 16.5 Å². The first-order valence-corrected chi connectivity index (χ1v) is 8.03. The highest BCUT2D eigenvalue weighted by Gasteiger charge is 2.00. The molecular weight excluding hydrogens is 340 g/mol. The second-order valence-corrected chi connectivity index (χ2v) is 5.52. The summed E-state index contributed by atoms with van der Waals surface area (Å²) in [6.45, 7) is 0.409. The summed E-state index contributed by atoms with van der Waals surface area (Å²) in [5.41, 5.74) is 2.17. The fourth-order valence-corrected chi connectivity index (χ4v) is 2.21. The van der Waals surface area contributed by atoms with Crippen LogP contribution in [0.2, 0.25) is 5.02 Å². The molecule has 25 heavy (non-hydrogen) atoms. The van der Waals surface area contributed by atoms with E-state index in [1.165, 1.54) is 6.08 Å². The number of fused-ring (bicyclic) bond motifs is 1. The lowest BCUT2D eigenvalue weighted by Crippen LogP contribution is -2.10. The van der Waals surface area contributed by atoms with E-state index in [2.05, 4.69) is 9.97 Å². The van der Waals surface area contributed by atoms with E-state index in [1.807, 2.05) is 24.3 Å². The van der Waals surface area contributed by atoms with Crippen molar-refractivity contribution in [2.45, 2.75) is 0 Å². The van der Waals surface area contributed by atoms with Crippen LogP contribution in [0, 0.1) is 0 Å². The summed E-state index contributed by atoms with van der Waals surface area (Å²) in [5, 5.41) is 0.640. The van der Waals surface area contributed by atoms with Crippen LogP contribution in [0.25, 0.3) is 17.1 Å². The highest BCUT2D eigenvalue weighted by atomic mass is 35.5. The average Bonchev–Trinajstić information content (AvgIpc) is 2.65. The van der Waals surface area contributed by atoms with Crippen LogP contribution in [0.4, 0.5) is 0 Å². The van der Waals surface area contributed by atoms with E-state index in [1.54, 1.807) is 36.5 Å². The van der Waals surface area contributed by atoms with Crippen LogP contribution >= 0.6 is 11.6 Å². The van der Waals surface area contributed by atoms with Gasteiger partial charge < -0.3 is 9.47 Å². The van der Waals surface area contributed by atoms with Gasteiger partial charge in [-0.25, -0.2) is 9.78 Å². The number of benzene rings is 2. The molecular formula is C19H15ClN2O3. The van der Waals surface area contributed by atoms with Crippen molar-refractivity contribution in [1.29, 1.82) is 0 Å². The Bertz CT molecular complexity index is 895. The zero-order chi connectivity index (χ0) is 17.5. The van der Waals surface area contributed by atoms with Crippen molar-refractivity contribution in [1.82, 2.24) is 9.97 Å². The monoisotopic (exact) mass is 354 g/mol. The smallest absolute Gasteiger partial charge is 0.330 e. The number of halogens is 1. The van der Waals surface area contributed by atoms with Gasteiger partial charge in [0.05, 0.1) is 22.9 Å². The molecule has 0 spiro atoms. The molecule has 0 aliphatic heterocycles. The van der Waals surface area contributed by atoms with Crippen LogP contribution in [0.15, 0.2) is 60.8 Å². The van der Waals surface area contributed by atoms with Gasteiger partial charge in [0.15, 0.2) is 0 Å². The summed E-state index contributed by atoms with van der Waals surface area (Å²) in [4.78, 5) is 20.4. The molecule has 0 N–H and O–H groups in total. The van der Waals surface area contributed by atoms with Crippen LogP contribution in [0.5, 0.6) is 5.75 Å². The summed E-state index contributed by atoms with van der Waals surface area (Å²) < 4.78 is 10.5. The van der Waals surface area contributed by atoms with Gasteiger partial charge in [-0.05, 0) is 42.5 Å². The number of hydrogen-bond acceptors (Lipinski definition) is 5. The Labute approximate surface area is 149 Å². The fourth-order valence-electron chi connectivity index (χ4n) is 2.09. The number of nitrogens with zero attached hydrogens (tertiary/aromatic N) is 2. The molecule has 6 heteroatoms. The molecule has 0 aliphatic rings. The van der Waals surface area contributed by atoms with E-state index in [9.17, 15) is 4.79 Å². The van der Waals surface area contributed by atoms with Crippen molar-refractivity contribution < 1.29 is 14.3 Å². The van der Waals surface area contributed by atoms with Crippen LogP contribution in [0.3, 0.4) is 0 Å². The molecule has 0 radical (unpaired) electrons. The van der Waals surface area contributed by atoms with Crippen LogP contribution in [0.1, 0.15) is 5.69 Å². The van der Waals surface area contributed by atoms with Gasteiger partial charge in [0.1, 0.15) is 19.0 Å². The molecule has 0 atom stereocenters. The van der Waals surface area contributed by atoms with Gasteiger partial charge >= 0.3 is 5.97 Å². The SMILES string of the molecule is O=C(C=Cc1cnc2ccccc2n1)OCCOc1ccc(Cl)cc1. The molecule has 1 heterocycles. The molecule has 0 saturated heterocycles. The van der Waals surface area contributed by atoms with Crippen molar-refractivity contribution in [3.8, 4) is 5.75 Å². The van der Waals surface area contributed by atoms with E-state index in [-0.39, 0.29) is 13.2 Å². The number of esters is 1. The van der Waals surface area contributed by atoms with Gasteiger partial charge in [-0.15, -0.1) is 0 Å². The minimum Gasteiger partial charge on any atom is -0.490 e. The predicted molar refractivity (Wildman–Crippen MR) is 96.5 cm³/mol. The standard InChI is InChI=1S/C19H15ClN2O3/c20-14-5-8-16(9-6-14)24-11-12-25-19(23)10-7-15-13-21-17-3-1-2-4-18(17)22-15/h1-10,13H,11-12H2. The number of ether oxygens (including phenoxy) is 2. The molecule has 126 valence electrons. The highest BCUT2D eigenvalue weighted by molar-refractivity contribution is 6.30. The molecule has 0 fully saturated rings. The molecule has 2 aromatic carbocycles. The zero-order valence-electron chi connectivity index (χ0n) is 13.3. The maximum absolute atomic E-state index is 11.7. The predicted octanol–water partition coefficient (Wildman–Crippen LogP) is 3.92. The molecule has 0 aliphatic carbocycles. The summed E-state index contributed by atoms with van der Waals surface area (Å²) in [6.07, 6.45) is 4.50. The minimum atomic E-state index is -0.463. The van der Waals surface area contributed by atoms with E-state index in [4.69, 9.17) is 21.1 Å². The first kappa shape index (κ1) is 16.9. The summed E-state index contributed by atoms with van der Waals surface area (Å²) in [5.74, 6) is 0.206. The lowest BCUT2D eigenvalue weighted by molar-refractivity contribution is -0.138. The first-order valence-electron chi connectivity index (χ1n) is 7.66. The molecule has 5 nitrogen and oxygen atoms in total. The second-order valence-electron chi connectivity index (χ2n) is 5.09. The Balaban J connectivity index is 1.46. The second kappa shape index (κ2) is 8.26. The van der Waals surface area contributed by atoms with Crippen molar-refractivity contribution in [3.63, 3.8) is 0 Å². The normalized spacial score (nSPS) is 10.9. The molecule has 0 bridgehead atoms. The minimum absolute atomic E-state index is 0.148. The average molecular weight is 355 g/mol. The lowest BCUT2D eigenvalue weighted by Gasteiger charge is -2.06. The maximum Gasteiger partial charge on any atom is 0.330 e. The molecule has 3 rings (SSSR count). The van der Waals surface area contributed by atoms with Crippen molar-refractivity contribution in [2.24, 2.45) is 0 Å². The quantitative estimate of drug-likeness (QED) is 0.381. The Morgan fingerprint density at radius 2 is 1.80 bits per heavy atom. The summed E-state index contributed by atoms with van der Waals surface area (Å²) in [6, 6.07) is 14.5. The molecule has 3 aromatic rings. The number of carbonyl (C=O) groups excluding carboxylic acids is 1. The number of para-hydroxylation sites is 2. The zero-order valence-corrected chi connectivity index (χ0v) is 14.0. The Kier molecular flexibility index (Phi) is 5.59. The van der Waals surface area contributed by atoms with Crippen molar-refractivity contribution >= 4 is 34.7 Å². The number of aromatic nitrogens is 2. The lowest BCUT2D eigenvalue weighted by atomic mass is 10.3. The van der Waals surface area contributed by atoms with E-state index in [0.717, 1.165) is 11.0 Å². The van der Waals surface area contributed by atoms with Crippen molar-refractivity contribution in [2.75, 3.05) is 13.2 Å². The highest BCUT2D eigenvalue weighted by Crippen LogP contribution is 2.15. The number of hydrogen-bond donors (Lipinski definition) is 0. The topological polar surface area (TPSA) is 61.3 Å². The Hall–Kier alpha value is -2.92. The van der Waals surface area contributed by atoms with Crippen LogP contribution < -0.4 is 4.74 Å². The van der Waals surface area contributed by atoms with Gasteiger partial charge in [-0.3, -0.25) is 4.98 Å². The van der Waals surface area contributed by atoms with E-state index < -0.39 is 5.97 Å². The molecule has 0 amide bonds. The number of rotatable bonds is 6. The number of carbonyl (C=O) groups is 1. The third kappa shape index (κ3) is 5.02. The maximum atomic E-state index is 11.7. The first-order chi connectivity index (χ1) is 12.2. The molecule has 0 unspecified atom stereocenters. The van der Waals surface area contributed by atoms with Gasteiger partial charge in [-0.1, -0.05) is 23.7 Å². The third-order valence-electron chi connectivity index (χ3n) is 3.27. The fraction of sp³-hybridized carbons (Fsp3) is 0.105. The van der Waals surface area contributed by atoms with Gasteiger partial charge in [-0.2, -0.15) is 0 Å². The van der Waals surface area contributed by atoms with Crippen molar-refractivity contribution in [3.05, 3.63) is 71.5 Å². The molecule has 1 aromatic heterocycles.